The number of rotatable bonds is 2. The molecule has 0 amide bonds. The summed E-state index contributed by atoms with van der Waals surface area (Å²) >= 11 is 0. The number of ether oxygens (including phenoxy) is 1. The zero-order chi connectivity index (χ0) is 13.3. The molecule has 0 aliphatic heterocycles. The van der Waals surface area contributed by atoms with Crippen molar-refractivity contribution in [1.29, 1.82) is 0 Å². The van der Waals surface area contributed by atoms with Crippen molar-refractivity contribution < 1.29 is 18.3 Å². The number of aromatic amines is 1. The summed E-state index contributed by atoms with van der Waals surface area (Å²) in [5.41, 5.74) is 1.52. The van der Waals surface area contributed by atoms with Gasteiger partial charge in [0.1, 0.15) is 0 Å². The van der Waals surface area contributed by atoms with Crippen molar-refractivity contribution in [3.8, 4) is 0 Å². The molecule has 1 aromatic heterocycles. The smallest absolute Gasteiger partial charge is 0.309 e. The normalized spacial score (nSPS) is 26.9. The molecule has 0 aromatic carbocycles. The standard InChI is InChI=1S/C12H16F2N2O2/c1-7-5-10(16-15-7)8-3-4-12(13,14)6-9(8)11(17)18-2/h5,8-9H,3-4,6H2,1-2H3,(H,15,16)/t8-,9-/m1/s1. The van der Waals surface area contributed by atoms with Crippen LogP contribution in [0.25, 0.3) is 0 Å². The molecule has 2 atom stereocenters. The van der Waals surface area contributed by atoms with Crippen molar-refractivity contribution in [3.63, 3.8) is 0 Å². The Morgan fingerprint density at radius 2 is 2.33 bits per heavy atom. The van der Waals surface area contributed by atoms with Crippen molar-refractivity contribution in [3.05, 3.63) is 17.5 Å². The first-order valence-electron chi connectivity index (χ1n) is 5.90. The molecule has 0 bridgehead atoms. The fourth-order valence-corrected chi connectivity index (χ4v) is 2.52. The van der Waals surface area contributed by atoms with Gasteiger partial charge in [0.25, 0.3) is 0 Å². The summed E-state index contributed by atoms with van der Waals surface area (Å²) in [4.78, 5) is 11.7. The minimum absolute atomic E-state index is 0.211. The summed E-state index contributed by atoms with van der Waals surface area (Å²) in [6, 6.07) is 1.80. The van der Waals surface area contributed by atoms with E-state index < -0.39 is 24.2 Å². The average Bonchev–Trinajstić information content (AvgIpc) is 2.73. The van der Waals surface area contributed by atoms with E-state index in [9.17, 15) is 13.6 Å². The van der Waals surface area contributed by atoms with Crippen molar-refractivity contribution in [2.24, 2.45) is 5.92 Å². The van der Waals surface area contributed by atoms with Crippen LogP contribution in [0.5, 0.6) is 0 Å². The lowest BCUT2D eigenvalue weighted by atomic mass is 9.75. The number of carbonyl (C=O) groups excluding carboxylic acids is 1. The number of halogens is 2. The molecule has 1 heterocycles. The molecule has 1 fully saturated rings. The molecule has 0 spiro atoms. The summed E-state index contributed by atoms with van der Waals surface area (Å²) in [5, 5.41) is 6.85. The fraction of sp³-hybridized carbons (Fsp3) is 0.667. The molecular formula is C12H16F2N2O2. The van der Waals surface area contributed by atoms with Crippen molar-refractivity contribution in [2.75, 3.05) is 7.11 Å². The van der Waals surface area contributed by atoms with Gasteiger partial charge in [-0.2, -0.15) is 5.10 Å². The van der Waals surface area contributed by atoms with Gasteiger partial charge in [-0.05, 0) is 19.4 Å². The number of aryl methyl sites for hydroxylation is 1. The Bertz CT molecular complexity index is 445. The van der Waals surface area contributed by atoms with E-state index in [4.69, 9.17) is 0 Å². The molecule has 2 rings (SSSR count). The van der Waals surface area contributed by atoms with E-state index in [1.54, 1.807) is 6.07 Å². The Balaban J connectivity index is 2.25. The van der Waals surface area contributed by atoms with Gasteiger partial charge >= 0.3 is 5.97 Å². The topological polar surface area (TPSA) is 55.0 Å². The molecule has 1 N–H and O–H groups in total. The maximum Gasteiger partial charge on any atom is 0.309 e. The minimum Gasteiger partial charge on any atom is -0.469 e. The Morgan fingerprint density at radius 3 is 2.89 bits per heavy atom. The quantitative estimate of drug-likeness (QED) is 0.829. The van der Waals surface area contributed by atoms with Crippen LogP contribution in [0.15, 0.2) is 6.07 Å². The van der Waals surface area contributed by atoms with Crippen LogP contribution in [0, 0.1) is 12.8 Å². The molecule has 6 heteroatoms. The number of esters is 1. The lowest BCUT2D eigenvalue weighted by molar-refractivity contribution is -0.154. The average molecular weight is 258 g/mol. The summed E-state index contributed by atoms with van der Waals surface area (Å²) in [6.07, 6.45) is -0.426. The Kier molecular flexibility index (Phi) is 3.36. The number of hydrogen-bond donors (Lipinski definition) is 1. The van der Waals surface area contributed by atoms with Gasteiger partial charge in [0.2, 0.25) is 5.92 Å². The molecule has 0 saturated heterocycles. The van der Waals surface area contributed by atoms with Crippen molar-refractivity contribution in [2.45, 2.75) is 38.0 Å². The third kappa shape index (κ3) is 2.52. The number of hydrogen-bond acceptors (Lipinski definition) is 3. The van der Waals surface area contributed by atoms with E-state index in [2.05, 4.69) is 14.9 Å². The maximum absolute atomic E-state index is 13.4. The Labute approximate surface area is 104 Å². The molecule has 1 aliphatic rings. The number of alkyl halides is 2. The molecule has 0 radical (unpaired) electrons. The van der Waals surface area contributed by atoms with Crippen LogP contribution in [0.4, 0.5) is 8.78 Å². The van der Waals surface area contributed by atoms with Gasteiger partial charge in [0.05, 0.1) is 18.7 Å². The van der Waals surface area contributed by atoms with E-state index in [0.717, 1.165) is 5.69 Å². The van der Waals surface area contributed by atoms with Gasteiger partial charge < -0.3 is 4.74 Å². The number of nitrogens with zero attached hydrogens (tertiary/aromatic N) is 1. The third-order valence-corrected chi connectivity index (χ3v) is 3.43. The monoisotopic (exact) mass is 258 g/mol. The molecule has 1 saturated carbocycles. The number of methoxy groups -OCH3 is 1. The highest BCUT2D eigenvalue weighted by atomic mass is 19.3. The van der Waals surface area contributed by atoms with Gasteiger partial charge in [0, 0.05) is 24.5 Å². The second-order valence-corrected chi connectivity index (χ2v) is 4.81. The number of carbonyl (C=O) groups is 1. The Morgan fingerprint density at radius 1 is 1.61 bits per heavy atom. The third-order valence-electron chi connectivity index (χ3n) is 3.43. The Hall–Kier alpha value is -1.46. The second kappa shape index (κ2) is 4.66. The predicted octanol–water partition coefficient (Wildman–Crippen LogP) is 2.41. The van der Waals surface area contributed by atoms with Gasteiger partial charge in [-0.15, -0.1) is 0 Å². The molecule has 1 aliphatic carbocycles. The summed E-state index contributed by atoms with van der Waals surface area (Å²) in [6.45, 7) is 1.83. The van der Waals surface area contributed by atoms with E-state index >= 15 is 0 Å². The lowest BCUT2D eigenvalue weighted by Gasteiger charge is -2.33. The molecule has 0 unspecified atom stereocenters. The van der Waals surface area contributed by atoms with E-state index in [0.29, 0.717) is 5.69 Å². The highest BCUT2D eigenvalue weighted by Gasteiger charge is 2.46. The maximum atomic E-state index is 13.4. The van der Waals surface area contributed by atoms with Crippen molar-refractivity contribution in [1.82, 2.24) is 10.2 Å². The van der Waals surface area contributed by atoms with Crippen LogP contribution in [0.1, 0.15) is 36.6 Å². The van der Waals surface area contributed by atoms with Crippen LogP contribution in [-0.4, -0.2) is 29.2 Å². The van der Waals surface area contributed by atoms with Crippen LogP contribution >= 0.6 is 0 Å². The summed E-state index contributed by atoms with van der Waals surface area (Å²) in [5.74, 6) is -4.48. The van der Waals surface area contributed by atoms with Crippen molar-refractivity contribution >= 4 is 5.97 Å². The summed E-state index contributed by atoms with van der Waals surface area (Å²) in [7, 11) is 1.22. The van der Waals surface area contributed by atoms with Crippen LogP contribution in [0.3, 0.4) is 0 Å². The molecule has 4 nitrogen and oxygen atoms in total. The number of H-pyrrole nitrogens is 1. The second-order valence-electron chi connectivity index (χ2n) is 4.81. The zero-order valence-electron chi connectivity index (χ0n) is 10.4. The van der Waals surface area contributed by atoms with Gasteiger partial charge in [-0.3, -0.25) is 9.89 Å². The number of nitrogens with one attached hydrogen (secondary N) is 1. The first-order chi connectivity index (χ1) is 8.43. The van der Waals surface area contributed by atoms with Crippen LogP contribution < -0.4 is 0 Å². The number of aromatic nitrogens is 2. The molecule has 1 aromatic rings. The minimum atomic E-state index is -2.79. The first kappa shape index (κ1) is 13.0. The molecule has 18 heavy (non-hydrogen) atoms. The van der Waals surface area contributed by atoms with Gasteiger partial charge in [-0.25, -0.2) is 8.78 Å². The SMILES string of the molecule is COC(=O)[C@@H]1CC(F)(F)CC[C@H]1c1cc(C)[nH]n1. The fourth-order valence-electron chi connectivity index (χ4n) is 2.52. The highest BCUT2D eigenvalue weighted by molar-refractivity contribution is 5.73. The van der Waals surface area contributed by atoms with Crippen LogP contribution in [-0.2, 0) is 9.53 Å². The predicted molar refractivity (Wildman–Crippen MR) is 60.4 cm³/mol. The van der Waals surface area contributed by atoms with Gasteiger partial charge in [0.15, 0.2) is 0 Å². The zero-order valence-corrected chi connectivity index (χ0v) is 10.4. The first-order valence-corrected chi connectivity index (χ1v) is 5.90. The van der Waals surface area contributed by atoms with Crippen LogP contribution in [0.2, 0.25) is 0 Å². The molecular weight excluding hydrogens is 242 g/mol. The highest BCUT2D eigenvalue weighted by Crippen LogP contribution is 2.44. The summed E-state index contributed by atoms with van der Waals surface area (Å²) < 4.78 is 31.5. The lowest BCUT2D eigenvalue weighted by Crippen LogP contribution is -2.36. The van der Waals surface area contributed by atoms with Gasteiger partial charge in [-0.1, -0.05) is 0 Å². The van der Waals surface area contributed by atoms with E-state index in [-0.39, 0.29) is 18.8 Å². The van der Waals surface area contributed by atoms with E-state index in [1.807, 2.05) is 6.92 Å². The largest absolute Gasteiger partial charge is 0.469 e. The molecule has 100 valence electrons. The van der Waals surface area contributed by atoms with E-state index in [1.165, 1.54) is 7.11 Å².